The summed E-state index contributed by atoms with van der Waals surface area (Å²) < 4.78 is 0. The van der Waals surface area contributed by atoms with Crippen molar-refractivity contribution in [3.63, 3.8) is 0 Å². The zero-order valence-corrected chi connectivity index (χ0v) is 9.72. The molecule has 1 amide bonds. The number of aliphatic hydroxyl groups is 1. The van der Waals surface area contributed by atoms with E-state index in [1.54, 1.807) is 24.3 Å². The molecule has 0 saturated carbocycles. The van der Waals surface area contributed by atoms with Crippen molar-refractivity contribution in [3.05, 3.63) is 60.3 Å². The fraction of sp³-hybridized carbons (Fsp3) is 0.143. The van der Waals surface area contributed by atoms with Gasteiger partial charge in [0.15, 0.2) is 5.78 Å². The first kappa shape index (κ1) is 12.3. The Hall–Kier alpha value is -2.20. The second-order valence-electron chi connectivity index (χ2n) is 4.16. The third-order valence-electron chi connectivity index (χ3n) is 2.84. The van der Waals surface area contributed by atoms with Crippen LogP contribution in [0.2, 0.25) is 0 Å². The van der Waals surface area contributed by atoms with Gasteiger partial charge in [-0.25, -0.2) is 0 Å². The molecule has 1 atom stereocenters. The van der Waals surface area contributed by atoms with E-state index in [2.05, 4.69) is 11.9 Å². The van der Waals surface area contributed by atoms with Crippen molar-refractivity contribution >= 4 is 11.7 Å². The van der Waals surface area contributed by atoms with E-state index in [1.165, 1.54) is 12.2 Å². The molecule has 0 spiro atoms. The van der Waals surface area contributed by atoms with Crippen molar-refractivity contribution in [1.82, 2.24) is 5.32 Å². The average Bonchev–Trinajstić information content (AvgIpc) is 2.66. The minimum atomic E-state index is -1.58. The van der Waals surface area contributed by atoms with Gasteiger partial charge in [-0.1, -0.05) is 30.9 Å². The van der Waals surface area contributed by atoms with E-state index in [1.807, 2.05) is 6.07 Å². The van der Waals surface area contributed by atoms with E-state index in [0.29, 0.717) is 11.3 Å². The van der Waals surface area contributed by atoms with Gasteiger partial charge in [-0.05, 0) is 12.1 Å². The summed E-state index contributed by atoms with van der Waals surface area (Å²) in [7, 11) is 0. The topological polar surface area (TPSA) is 66.4 Å². The second kappa shape index (κ2) is 4.58. The Kier molecular flexibility index (Phi) is 3.12. The highest BCUT2D eigenvalue weighted by atomic mass is 16.3. The number of rotatable bonds is 3. The van der Waals surface area contributed by atoms with Crippen LogP contribution in [0.25, 0.3) is 0 Å². The van der Waals surface area contributed by atoms with Crippen molar-refractivity contribution in [1.29, 1.82) is 0 Å². The van der Waals surface area contributed by atoms with E-state index in [-0.39, 0.29) is 12.3 Å². The van der Waals surface area contributed by atoms with Crippen LogP contribution in [0, 0.1) is 0 Å². The molecule has 0 heterocycles. The Balaban J connectivity index is 2.09. The Morgan fingerprint density at radius 2 is 2.06 bits per heavy atom. The lowest BCUT2D eigenvalue weighted by molar-refractivity contribution is -0.126. The van der Waals surface area contributed by atoms with Gasteiger partial charge in [0.1, 0.15) is 5.60 Å². The zero-order chi connectivity index (χ0) is 13.2. The zero-order valence-electron chi connectivity index (χ0n) is 9.72. The SMILES string of the molecule is C=C[C@]1(O)CC(NC(=O)c2ccccc2)=CC1=O. The Morgan fingerprint density at radius 3 is 2.61 bits per heavy atom. The first-order chi connectivity index (χ1) is 8.55. The number of amides is 1. The smallest absolute Gasteiger partial charge is 0.255 e. The summed E-state index contributed by atoms with van der Waals surface area (Å²) in [5.74, 6) is -0.760. The van der Waals surface area contributed by atoms with Gasteiger partial charge >= 0.3 is 0 Å². The molecule has 18 heavy (non-hydrogen) atoms. The van der Waals surface area contributed by atoms with Crippen LogP contribution in [-0.4, -0.2) is 22.4 Å². The average molecular weight is 243 g/mol. The molecule has 0 unspecified atom stereocenters. The molecule has 0 saturated heterocycles. The third-order valence-corrected chi connectivity index (χ3v) is 2.84. The highest BCUT2D eigenvalue weighted by Crippen LogP contribution is 2.25. The standard InChI is InChI=1S/C14H13NO3/c1-2-14(18)9-11(8-12(14)16)15-13(17)10-6-4-3-5-7-10/h2-8,18H,1,9H2,(H,15,17)/t14-/m0/s1. The minimum Gasteiger partial charge on any atom is -0.377 e. The summed E-state index contributed by atoms with van der Waals surface area (Å²) in [5, 5.41) is 12.5. The van der Waals surface area contributed by atoms with Crippen LogP contribution in [0.3, 0.4) is 0 Å². The molecule has 0 fully saturated rings. The first-order valence-corrected chi connectivity index (χ1v) is 5.52. The summed E-state index contributed by atoms with van der Waals surface area (Å²) in [5.41, 5.74) is -0.685. The van der Waals surface area contributed by atoms with Gasteiger partial charge in [-0.2, -0.15) is 0 Å². The third kappa shape index (κ3) is 2.24. The van der Waals surface area contributed by atoms with Crippen LogP contribution in [0.15, 0.2) is 54.8 Å². The summed E-state index contributed by atoms with van der Waals surface area (Å²) >= 11 is 0. The molecule has 1 aromatic carbocycles. The van der Waals surface area contributed by atoms with Gasteiger partial charge in [0.2, 0.25) is 0 Å². The number of benzene rings is 1. The highest BCUT2D eigenvalue weighted by Gasteiger charge is 2.37. The molecule has 1 aromatic rings. The molecule has 1 aliphatic carbocycles. The predicted molar refractivity (Wildman–Crippen MR) is 66.8 cm³/mol. The summed E-state index contributed by atoms with van der Waals surface area (Å²) in [6, 6.07) is 8.66. The molecule has 0 aliphatic heterocycles. The number of carbonyl (C=O) groups is 2. The maximum atomic E-state index is 11.8. The highest BCUT2D eigenvalue weighted by molar-refractivity contribution is 6.03. The molecule has 92 valence electrons. The van der Waals surface area contributed by atoms with Crippen LogP contribution < -0.4 is 5.32 Å². The maximum Gasteiger partial charge on any atom is 0.255 e. The monoisotopic (exact) mass is 243 g/mol. The van der Waals surface area contributed by atoms with Gasteiger partial charge in [0.25, 0.3) is 5.91 Å². The number of hydrogen-bond donors (Lipinski definition) is 2. The van der Waals surface area contributed by atoms with Gasteiger partial charge < -0.3 is 10.4 Å². The normalized spacial score (nSPS) is 22.5. The largest absolute Gasteiger partial charge is 0.377 e. The van der Waals surface area contributed by atoms with E-state index >= 15 is 0 Å². The Morgan fingerprint density at radius 1 is 1.39 bits per heavy atom. The Labute approximate surface area is 105 Å². The fourth-order valence-corrected chi connectivity index (χ4v) is 1.77. The molecule has 4 nitrogen and oxygen atoms in total. The lowest BCUT2D eigenvalue weighted by Crippen LogP contribution is -2.32. The van der Waals surface area contributed by atoms with Gasteiger partial charge in [-0.15, -0.1) is 0 Å². The van der Waals surface area contributed by atoms with Crippen LogP contribution >= 0.6 is 0 Å². The molecule has 0 radical (unpaired) electrons. The molecular weight excluding hydrogens is 230 g/mol. The lowest BCUT2D eigenvalue weighted by atomic mass is 10.0. The van der Waals surface area contributed by atoms with Crippen LogP contribution in [-0.2, 0) is 4.79 Å². The van der Waals surface area contributed by atoms with E-state index < -0.39 is 11.4 Å². The summed E-state index contributed by atoms with van der Waals surface area (Å²) in [6.45, 7) is 3.42. The molecule has 2 rings (SSSR count). The minimum absolute atomic E-state index is 0.0495. The molecule has 2 N–H and O–H groups in total. The van der Waals surface area contributed by atoms with Crippen LogP contribution in [0.4, 0.5) is 0 Å². The van der Waals surface area contributed by atoms with Crippen LogP contribution in [0.1, 0.15) is 16.8 Å². The summed E-state index contributed by atoms with van der Waals surface area (Å²) in [4.78, 5) is 23.3. The lowest BCUT2D eigenvalue weighted by Gasteiger charge is -2.15. The number of nitrogens with one attached hydrogen (secondary N) is 1. The number of carbonyl (C=O) groups excluding carboxylic acids is 2. The maximum absolute atomic E-state index is 11.8. The number of hydrogen-bond acceptors (Lipinski definition) is 3. The molecule has 1 aliphatic rings. The Bertz CT molecular complexity index is 533. The van der Waals surface area contributed by atoms with Crippen molar-refractivity contribution in [3.8, 4) is 0 Å². The molecular formula is C14H13NO3. The number of ketones is 1. The molecule has 4 heteroatoms. The van der Waals surface area contributed by atoms with Gasteiger partial charge in [-0.3, -0.25) is 9.59 Å². The quantitative estimate of drug-likeness (QED) is 0.784. The van der Waals surface area contributed by atoms with Crippen molar-refractivity contribution in [2.75, 3.05) is 0 Å². The first-order valence-electron chi connectivity index (χ1n) is 5.52. The van der Waals surface area contributed by atoms with E-state index in [0.717, 1.165) is 0 Å². The molecule has 0 aromatic heterocycles. The summed E-state index contributed by atoms with van der Waals surface area (Å²) in [6.07, 6.45) is 2.48. The van der Waals surface area contributed by atoms with Gasteiger partial charge in [0.05, 0.1) is 0 Å². The second-order valence-corrected chi connectivity index (χ2v) is 4.16. The molecule has 0 bridgehead atoms. The van der Waals surface area contributed by atoms with Crippen LogP contribution in [0.5, 0.6) is 0 Å². The van der Waals surface area contributed by atoms with Crippen molar-refractivity contribution in [2.45, 2.75) is 12.0 Å². The van der Waals surface area contributed by atoms with E-state index in [9.17, 15) is 14.7 Å². The predicted octanol–water partition coefficient (Wildman–Crippen LogP) is 1.19. The van der Waals surface area contributed by atoms with Gasteiger partial charge in [0, 0.05) is 23.8 Å². The van der Waals surface area contributed by atoms with Crippen molar-refractivity contribution in [2.24, 2.45) is 0 Å². The fourth-order valence-electron chi connectivity index (χ4n) is 1.77. The van der Waals surface area contributed by atoms with Crippen molar-refractivity contribution < 1.29 is 14.7 Å². The van der Waals surface area contributed by atoms with E-state index in [4.69, 9.17) is 0 Å².